The SMILES string of the molecule is CC(O)c1ccc(OCc2nc(C3CC3)no2)cc1. The van der Waals surface area contributed by atoms with E-state index in [9.17, 15) is 5.11 Å². The highest BCUT2D eigenvalue weighted by Gasteiger charge is 2.28. The molecule has 0 saturated heterocycles. The van der Waals surface area contributed by atoms with Crippen LogP contribution in [-0.2, 0) is 6.61 Å². The fourth-order valence-corrected chi connectivity index (χ4v) is 1.82. The first-order valence-electron chi connectivity index (χ1n) is 6.45. The van der Waals surface area contributed by atoms with Crippen molar-refractivity contribution in [2.24, 2.45) is 0 Å². The van der Waals surface area contributed by atoms with Gasteiger partial charge in [-0.05, 0) is 37.5 Å². The Morgan fingerprint density at radius 3 is 2.74 bits per heavy atom. The molecule has 3 rings (SSSR count). The van der Waals surface area contributed by atoms with Crippen LogP contribution in [0.25, 0.3) is 0 Å². The maximum atomic E-state index is 9.41. The quantitative estimate of drug-likeness (QED) is 0.894. The Kier molecular flexibility index (Phi) is 3.21. The summed E-state index contributed by atoms with van der Waals surface area (Å²) in [6, 6.07) is 7.31. The van der Waals surface area contributed by atoms with E-state index < -0.39 is 6.10 Å². The minimum absolute atomic E-state index is 0.272. The molecule has 19 heavy (non-hydrogen) atoms. The highest BCUT2D eigenvalue weighted by Crippen LogP contribution is 2.38. The predicted molar refractivity (Wildman–Crippen MR) is 67.7 cm³/mol. The van der Waals surface area contributed by atoms with Gasteiger partial charge in [-0.3, -0.25) is 0 Å². The second-order valence-electron chi connectivity index (χ2n) is 4.85. The van der Waals surface area contributed by atoms with Crippen LogP contribution in [0.3, 0.4) is 0 Å². The maximum Gasteiger partial charge on any atom is 0.264 e. The normalized spacial score (nSPS) is 16.3. The van der Waals surface area contributed by atoms with E-state index >= 15 is 0 Å². The summed E-state index contributed by atoms with van der Waals surface area (Å²) >= 11 is 0. The van der Waals surface area contributed by atoms with Crippen LogP contribution in [0, 0.1) is 0 Å². The van der Waals surface area contributed by atoms with Crippen LogP contribution in [0.5, 0.6) is 5.75 Å². The van der Waals surface area contributed by atoms with Gasteiger partial charge in [-0.2, -0.15) is 4.98 Å². The van der Waals surface area contributed by atoms with E-state index in [0.717, 1.165) is 30.0 Å². The first-order chi connectivity index (χ1) is 9.22. The Morgan fingerprint density at radius 1 is 1.37 bits per heavy atom. The lowest BCUT2D eigenvalue weighted by molar-refractivity contribution is 0.199. The van der Waals surface area contributed by atoms with Crippen LogP contribution < -0.4 is 4.74 Å². The molecule has 1 heterocycles. The molecule has 1 aliphatic rings. The molecular weight excluding hydrogens is 244 g/mol. The number of aliphatic hydroxyl groups is 1. The number of hydrogen-bond acceptors (Lipinski definition) is 5. The number of aromatic nitrogens is 2. The number of rotatable bonds is 5. The fraction of sp³-hybridized carbons (Fsp3) is 0.429. The average Bonchev–Trinajstić information content (AvgIpc) is 3.16. The third kappa shape index (κ3) is 2.93. The highest BCUT2D eigenvalue weighted by molar-refractivity contribution is 5.28. The van der Waals surface area contributed by atoms with Crippen LogP contribution in [0.4, 0.5) is 0 Å². The van der Waals surface area contributed by atoms with Crippen molar-refractivity contribution in [3.8, 4) is 5.75 Å². The third-order valence-corrected chi connectivity index (χ3v) is 3.15. The van der Waals surface area contributed by atoms with Crippen molar-refractivity contribution in [2.75, 3.05) is 0 Å². The van der Waals surface area contributed by atoms with Crippen LogP contribution in [-0.4, -0.2) is 15.2 Å². The van der Waals surface area contributed by atoms with E-state index in [0.29, 0.717) is 11.8 Å². The molecule has 0 amide bonds. The lowest BCUT2D eigenvalue weighted by atomic mass is 10.1. The minimum atomic E-state index is -0.467. The van der Waals surface area contributed by atoms with E-state index in [1.807, 2.05) is 24.3 Å². The molecule has 0 radical (unpaired) electrons. The Labute approximate surface area is 111 Å². The third-order valence-electron chi connectivity index (χ3n) is 3.15. The highest BCUT2D eigenvalue weighted by atomic mass is 16.5. The van der Waals surface area contributed by atoms with Crippen molar-refractivity contribution in [3.05, 3.63) is 41.5 Å². The summed E-state index contributed by atoms with van der Waals surface area (Å²) in [5, 5.41) is 13.3. The van der Waals surface area contributed by atoms with Crippen LogP contribution >= 0.6 is 0 Å². The van der Waals surface area contributed by atoms with Gasteiger partial charge in [-0.15, -0.1) is 0 Å². The van der Waals surface area contributed by atoms with Gasteiger partial charge in [0.15, 0.2) is 12.4 Å². The van der Waals surface area contributed by atoms with Crippen molar-refractivity contribution >= 4 is 0 Å². The van der Waals surface area contributed by atoms with Crippen molar-refractivity contribution in [2.45, 2.75) is 38.4 Å². The molecule has 1 fully saturated rings. The van der Waals surface area contributed by atoms with E-state index in [1.165, 1.54) is 0 Å². The van der Waals surface area contributed by atoms with Gasteiger partial charge in [0.05, 0.1) is 6.10 Å². The summed E-state index contributed by atoms with van der Waals surface area (Å²) < 4.78 is 10.7. The molecule has 2 aromatic rings. The minimum Gasteiger partial charge on any atom is -0.484 e. The fourth-order valence-electron chi connectivity index (χ4n) is 1.82. The Hall–Kier alpha value is -1.88. The largest absolute Gasteiger partial charge is 0.484 e. The first-order valence-corrected chi connectivity index (χ1v) is 6.45. The molecule has 0 spiro atoms. The monoisotopic (exact) mass is 260 g/mol. The topological polar surface area (TPSA) is 68.4 Å². The van der Waals surface area contributed by atoms with Gasteiger partial charge in [0.1, 0.15) is 5.75 Å². The first kappa shape index (κ1) is 12.2. The van der Waals surface area contributed by atoms with Crippen LogP contribution in [0.15, 0.2) is 28.8 Å². The molecule has 1 aliphatic carbocycles. The molecule has 100 valence electrons. The van der Waals surface area contributed by atoms with Crippen LogP contribution in [0.2, 0.25) is 0 Å². The zero-order chi connectivity index (χ0) is 13.2. The maximum absolute atomic E-state index is 9.41. The standard InChI is InChI=1S/C14H16N2O3/c1-9(17)10-4-6-12(7-5-10)18-8-13-15-14(16-19-13)11-2-3-11/h4-7,9,11,17H,2-3,8H2,1H3. The Morgan fingerprint density at radius 2 is 2.11 bits per heavy atom. The van der Waals surface area contributed by atoms with E-state index in [1.54, 1.807) is 6.92 Å². The van der Waals surface area contributed by atoms with Gasteiger partial charge in [0.2, 0.25) is 0 Å². The van der Waals surface area contributed by atoms with E-state index in [4.69, 9.17) is 9.26 Å². The van der Waals surface area contributed by atoms with Gasteiger partial charge in [-0.1, -0.05) is 17.3 Å². The van der Waals surface area contributed by atoms with Gasteiger partial charge >= 0.3 is 0 Å². The lowest BCUT2D eigenvalue weighted by Crippen LogP contribution is -1.97. The summed E-state index contributed by atoms with van der Waals surface area (Å²) in [7, 11) is 0. The van der Waals surface area contributed by atoms with Crippen molar-refractivity contribution in [1.82, 2.24) is 10.1 Å². The number of ether oxygens (including phenoxy) is 1. The van der Waals surface area contributed by atoms with Gasteiger partial charge in [0.25, 0.3) is 5.89 Å². The molecule has 5 heteroatoms. The molecular formula is C14H16N2O3. The van der Waals surface area contributed by atoms with Crippen LogP contribution in [0.1, 0.15) is 49.1 Å². The molecule has 1 aromatic heterocycles. The van der Waals surface area contributed by atoms with Crippen molar-refractivity contribution in [1.29, 1.82) is 0 Å². The molecule has 1 saturated carbocycles. The number of benzene rings is 1. The van der Waals surface area contributed by atoms with Gasteiger partial charge < -0.3 is 14.4 Å². The summed E-state index contributed by atoms with van der Waals surface area (Å²) in [5.74, 6) is 2.50. The Balaban J connectivity index is 1.58. The van der Waals surface area contributed by atoms with Gasteiger partial charge in [0, 0.05) is 5.92 Å². The molecule has 5 nitrogen and oxygen atoms in total. The summed E-state index contributed by atoms with van der Waals surface area (Å²) in [6.45, 7) is 2.00. The summed E-state index contributed by atoms with van der Waals surface area (Å²) in [6.07, 6.45) is 1.84. The zero-order valence-electron chi connectivity index (χ0n) is 10.7. The Bertz CT molecular complexity index is 544. The predicted octanol–water partition coefficient (Wildman–Crippen LogP) is 2.58. The van der Waals surface area contributed by atoms with Gasteiger partial charge in [-0.25, -0.2) is 0 Å². The molecule has 1 aromatic carbocycles. The second kappa shape index (κ2) is 5.01. The van der Waals surface area contributed by atoms with E-state index in [2.05, 4.69) is 10.1 Å². The average molecular weight is 260 g/mol. The molecule has 1 unspecified atom stereocenters. The van der Waals surface area contributed by atoms with Crippen molar-refractivity contribution in [3.63, 3.8) is 0 Å². The van der Waals surface area contributed by atoms with E-state index in [-0.39, 0.29) is 6.61 Å². The summed E-state index contributed by atoms with van der Waals surface area (Å²) in [5.41, 5.74) is 0.862. The van der Waals surface area contributed by atoms with Crippen molar-refractivity contribution < 1.29 is 14.4 Å². The number of aliphatic hydroxyl groups excluding tert-OH is 1. The molecule has 0 aliphatic heterocycles. The smallest absolute Gasteiger partial charge is 0.264 e. The molecule has 1 N–H and O–H groups in total. The lowest BCUT2D eigenvalue weighted by Gasteiger charge is -2.06. The number of hydrogen-bond donors (Lipinski definition) is 1. The zero-order valence-corrected chi connectivity index (χ0v) is 10.7. The second-order valence-corrected chi connectivity index (χ2v) is 4.85. The molecule has 0 bridgehead atoms. The molecule has 1 atom stereocenters. The number of nitrogens with zero attached hydrogens (tertiary/aromatic N) is 2. The summed E-state index contributed by atoms with van der Waals surface area (Å²) in [4.78, 5) is 4.29.